The number of benzene rings is 1. The maximum Gasteiger partial charge on any atom is 0.319 e. The first kappa shape index (κ1) is 14.2. The van der Waals surface area contributed by atoms with Crippen LogP contribution < -0.4 is 10.6 Å². The quantitative estimate of drug-likeness (QED) is 0.864. The zero-order valence-electron chi connectivity index (χ0n) is 11.3. The van der Waals surface area contributed by atoms with Crippen molar-refractivity contribution in [2.45, 2.75) is 27.7 Å². The van der Waals surface area contributed by atoms with Crippen LogP contribution in [-0.4, -0.2) is 18.4 Å². The number of anilines is 1. The van der Waals surface area contributed by atoms with E-state index < -0.39 is 5.41 Å². The summed E-state index contributed by atoms with van der Waals surface area (Å²) in [7, 11) is 0. The third-order valence-corrected chi connectivity index (χ3v) is 2.52. The van der Waals surface area contributed by atoms with Crippen LogP contribution in [0.2, 0.25) is 0 Å². The molecule has 0 bridgehead atoms. The number of hydrogen-bond acceptors (Lipinski definition) is 2. The maximum atomic E-state index is 11.6. The molecule has 0 aliphatic carbocycles. The first-order valence-corrected chi connectivity index (χ1v) is 5.94. The molecular weight excluding hydrogens is 228 g/mol. The van der Waals surface area contributed by atoms with Gasteiger partial charge in [-0.25, -0.2) is 4.79 Å². The lowest BCUT2D eigenvalue weighted by Gasteiger charge is -2.16. The molecule has 2 amide bonds. The Balaban J connectivity index is 2.46. The topological polar surface area (TPSA) is 58.2 Å². The molecule has 0 unspecified atom stereocenters. The molecule has 0 spiro atoms. The SMILES string of the molecule is Cc1cccc(NC(=O)NCC(=O)C(C)(C)C)c1. The normalized spacial score (nSPS) is 10.9. The van der Waals surface area contributed by atoms with Gasteiger partial charge in [-0.1, -0.05) is 32.9 Å². The molecule has 0 radical (unpaired) electrons. The van der Waals surface area contributed by atoms with Crippen LogP contribution in [0.4, 0.5) is 10.5 Å². The standard InChI is InChI=1S/C14H20N2O2/c1-10-6-5-7-11(8-10)16-13(18)15-9-12(17)14(2,3)4/h5-8H,9H2,1-4H3,(H2,15,16,18). The number of urea groups is 1. The molecule has 0 aliphatic rings. The van der Waals surface area contributed by atoms with Crippen LogP contribution >= 0.6 is 0 Å². The number of carbonyl (C=O) groups is 2. The minimum atomic E-state index is -0.434. The van der Waals surface area contributed by atoms with Crippen molar-refractivity contribution in [2.75, 3.05) is 11.9 Å². The Bertz CT molecular complexity index is 447. The summed E-state index contributed by atoms with van der Waals surface area (Å²) in [6.45, 7) is 7.48. The first-order chi connectivity index (χ1) is 8.29. The van der Waals surface area contributed by atoms with Crippen molar-refractivity contribution in [3.8, 4) is 0 Å². The Morgan fingerprint density at radius 2 is 1.89 bits per heavy atom. The van der Waals surface area contributed by atoms with Crippen molar-refractivity contribution >= 4 is 17.5 Å². The molecule has 1 aromatic carbocycles. The van der Waals surface area contributed by atoms with Crippen LogP contribution in [0.1, 0.15) is 26.3 Å². The van der Waals surface area contributed by atoms with Crippen LogP contribution in [-0.2, 0) is 4.79 Å². The highest BCUT2D eigenvalue weighted by molar-refractivity contribution is 5.94. The van der Waals surface area contributed by atoms with Gasteiger partial charge >= 0.3 is 6.03 Å². The average molecular weight is 248 g/mol. The molecule has 1 rings (SSSR count). The number of aryl methyl sites for hydroxylation is 1. The van der Waals surface area contributed by atoms with E-state index in [9.17, 15) is 9.59 Å². The molecule has 1 aromatic rings. The first-order valence-electron chi connectivity index (χ1n) is 5.94. The largest absolute Gasteiger partial charge is 0.331 e. The molecule has 0 heterocycles. The molecule has 98 valence electrons. The van der Waals surface area contributed by atoms with Gasteiger partial charge in [-0.05, 0) is 24.6 Å². The molecule has 0 aromatic heterocycles. The van der Waals surface area contributed by atoms with E-state index in [0.29, 0.717) is 0 Å². The highest BCUT2D eigenvalue weighted by atomic mass is 16.2. The molecular formula is C14H20N2O2. The lowest BCUT2D eigenvalue weighted by Crippen LogP contribution is -2.37. The van der Waals surface area contributed by atoms with Gasteiger partial charge in [-0.3, -0.25) is 4.79 Å². The van der Waals surface area contributed by atoms with Crippen LogP contribution in [0.3, 0.4) is 0 Å². The van der Waals surface area contributed by atoms with Gasteiger partial charge in [0.15, 0.2) is 5.78 Å². The van der Waals surface area contributed by atoms with Gasteiger partial charge in [0.25, 0.3) is 0 Å². The molecule has 18 heavy (non-hydrogen) atoms. The Morgan fingerprint density at radius 3 is 2.44 bits per heavy atom. The highest BCUT2D eigenvalue weighted by Gasteiger charge is 2.21. The number of carbonyl (C=O) groups excluding carboxylic acids is 2. The fourth-order valence-corrected chi connectivity index (χ4v) is 1.32. The third kappa shape index (κ3) is 4.57. The Morgan fingerprint density at radius 1 is 1.22 bits per heavy atom. The van der Waals surface area contributed by atoms with Crippen molar-refractivity contribution in [2.24, 2.45) is 5.41 Å². The van der Waals surface area contributed by atoms with E-state index in [1.807, 2.05) is 45.9 Å². The van der Waals surface area contributed by atoms with Crippen molar-refractivity contribution in [1.29, 1.82) is 0 Å². The summed E-state index contributed by atoms with van der Waals surface area (Å²) in [6.07, 6.45) is 0. The molecule has 0 saturated heterocycles. The number of ketones is 1. The second-order valence-electron chi connectivity index (χ2n) is 5.35. The van der Waals surface area contributed by atoms with E-state index in [1.165, 1.54) is 0 Å². The van der Waals surface area contributed by atoms with Crippen molar-refractivity contribution < 1.29 is 9.59 Å². The minimum absolute atomic E-state index is 0.00175. The van der Waals surface area contributed by atoms with Crippen LogP contribution in [0.15, 0.2) is 24.3 Å². The van der Waals surface area contributed by atoms with E-state index in [-0.39, 0.29) is 18.4 Å². The fourth-order valence-electron chi connectivity index (χ4n) is 1.32. The van der Waals surface area contributed by atoms with Crippen LogP contribution in [0.5, 0.6) is 0 Å². The van der Waals surface area contributed by atoms with Gasteiger partial charge in [-0.2, -0.15) is 0 Å². The smallest absolute Gasteiger partial charge is 0.319 e. The van der Waals surface area contributed by atoms with Crippen molar-refractivity contribution in [3.63, 3.8) is 0 Å². The molecule has 0 fully saturated rings. The lowest BCUT2D eigenvalue weighted by atomic mass is 9.91. The molecule has 0 atom stereocenters. The number of nitrogens with one attached hydrogen (secondary N) is 2. The molecule has 0 saturated carbocycles. The number of Topliss-reactive ketones (excluding diaryl/α,β-unsaturated/α-hetero) is 1. The van der Waals surface area contributed by atoms with Gasteiger partial charge in [-0.15, -0.1) is 0 Å². The Labute approximate surface area is 108 Å². The van der Waals surface area contributed by atoms with E-state index >= 15 is 0 Å². The maximum absolute atomic E-state index is 11.6. The number of rotatable bonds is 3. The van der Waals surface area contributed by atoms with Gasteiger partial charge in [0.1, 0.15) is 0 Å². The second-order valence-corrected chi connectivity index (χ2v) is 5.35. The molecule has 4 nitrogen and oxygen atoms in total. The van der Waals surface area contributed by atoms with Crippen LogP contribution in [0.25, 0.3) is 0 Å². The highest BCUT2D eigenvalue weighted by Crippen LogP contribution is 2.13. The van der Waals surface area contributed by atoms with Gasteiger partial charge < -0.3 is 10.6 Å². The average Bonchev–Trinajstić information content (AvgIpc) is 2.24. The Kier molecular flexibility index (Phi) is 4.48. The summed E-state index contributed by atoms with van der Waals surface area (Å²) < 4.78 is 0. The fraction of sp³-hybridized carbons (Fsp3) is 0.429. The number of hydrogen-bond donors (Lipinski definition) is 2. The summed E-state index contributed by atoms with van der Waals surface area (Å²) in [6, 6.07) is 7.12. The zero-order valence-corrected chi connectivity index (χ0v) is 11.3. The minimum Gasteiger partial charge on any atom is -0.331 e. The summed E-state index contributed by atoms with van der Waals surface area (Å²) in [5, 5.41) is 5.24. The summed E-state index contributed by atoms with van der Waals surface area (Å²) in [5.74, 6) is 0.00175. The van der Waals surface area contributed by atoms with Crippen LogP contribution in [0, 0.1) is 12.3 Å². The predicted octanol–water partition coefficient (Wildman–Crippen LogP) is 2.73. The van der Waals surface area contributed by atoms with Gasteiger partial charge in [0, 0.05) is 11.1 Å². The van der Waals surface area contributed by atoms with Crippen molar-refractivity contribution in [1.82, 2.24) is 5.32 Å². The monoisotopic (exact) mass is 248 g/mol. The second kappa shape index (κ2) is 5.67. The van der Waals surface area contributed by atoms with E-state index in [4.69, 9.17) is 0 Å². The van der Waals surface area contributed by atoms with E-state index in [0.717, 1.165) is 11.3 Å². The van der Waals surface area contributed by atoms with E-state index in [2.05, 4.69) is 10.6 Å². The molecule has 4 heteroatoms. The zero-order chi connectivity index (χ0) is 13.8. The Hall–Kier alpha value is -1.84. The third-order valence-electron chi connectivity index (χ3n) is 2.52. The van der Waals surface area contributed by atoms with E-state index in [1.54, 1.807) is 6.07 Å². The van der Waals surface area contributed by atoms with Gasteiger partial charge in [0.05, 0.1) is 6.54 Å². The summed E-state index contributed by atoms with van der Waals surface area (Å²) in [4.78, 5) is 23.2. The molecule has 2 N–H and O–H groups in total. The number of amides is 2. The lowest BCUT2D eigenvalue weighted by molar-refractivity contribution is -0.125. The summed E-state index contributed by atoms with van der Waals surface area (Å²) >= 11 is 0. The molecule has 0 aliphatic heterocycles. The van der Waals surface area contributed by atoms with Gasteiger partial charge in [0.2, 0.25) is 0 Å². The van der Waals surface area contributed by atoms with Crippen molar-refractivity contribution in [3.05, 3.63) is 29.8 Å². The predicted molar refractivity (Wildman–Crippen MR) is 72.7 cm³/mol. The summed E-state index contributed by atoms with van der Waals surface area (Å²) in [5.41, 5.74) is 1.35.